The fraction of sp³-hybridized carbons (Fsp3) is 0.250. The van der Waals surface area contributed by atoms with E-state index in [2.05, 4.69) is 32.5 Å². The van der Waals surface area contributed by atoms with Crippen LogP contribution >= 0.6 is 0 Å². The number of nitrogens with one attached hydrogen (secondary N) is 3. The summed E-state index contributed by atoms with van der Waals surface area (Å²) in [5.74, 6) is -5.40. The summed E-state index contributed by atoms with van der Waals surface area (Å²) in [5.41, 5.74) is -0.0583. The van der Waals surface area contributed by atoms with Crippen molar-refractivity contribution >= 4 is 21.7 Å². The van der Waals surface area contributed by atoms with Crippen molar-refractivity contribution in [2.45, 2.75) is 25.1 Å². The highest BCUT2D eigenvalue weighted by molar-refractivity contribution is 7.91. The van der Waals surface area contributed by atoms with Crippen LogP contribution in [0.25, 0.3) is 11.3 Å². The van der Waals surface area contributed by atoms with Gasteiger partial charge in [0.1, 0.15) is 5.69 Å². The molecular formula is C28H27F3N6O3S. The van der Waals surface area contributed by atoms with E-state index in [1.54, 1.807) is 41.1 Å². The zero-order valence-corrected chi connectivity index (χ0v) is 22.8. The number of nitrogens with zero attached hydrogens (tertiary/aromatic N) is 3. The van der Waals surface area contributed by atoms with Crippen molar-refractivity contribution < 1.29 is 26.3 Å². The first-order valence-corrected chi connectivity index (χ1v) is 14.5. The summed E-state index contributed by atoms with van der Waals surface area (Å²) in [6.45, 7) is 3.84. The summed E-state index contributed by atoms with van der Waals surface area (Å²) in [6.07, 6.45) is 3.85. The molecule has 0 spiro atoms. The van der Waals surface area contributed by atoms with Crippen LogP contribution in [0.5, 0.6) is 11.6 Å². The molecule has 0 amide bonds. The number of ether oxygens (including phenoxy) is 1. The molecular weight excluding hydrogens is 557 g/mol. The average Bonchev–Trinajstić information content (AvgIpc) is 2.95. The van der Waals surface area contributed by atoms with Crippen LogP contribution in [0.4, 0.5) is 24.8 Å². The second kappa shape index (κ2) is 12.1. The van der Waals surface area contributed by atoms with Crippen LogP contribution in [0.1, 0.15) is 18.9 Å². The molecule has 5 rings (SSSR count). The van der Waals surface area contributed by atoms with E-state index in [1.165, 1.54) is 24.5 Å². The van der Waals surface area contributed by atoms with Crippen molar-refractivity contribution in [3.63, 3.8) is 0 Å². The molecule has 2 aromatic heterocycles. The molecule has 1 fully saturated rings. The molecule has 1 saturated heterocycles. The molecule has 1 aliphatic heterocycles. The van der Waals surface area contributed by atoms with Gasteiger partial charge in [-0.1, -0.05) is 37.3 Å². The van der Waals surface area contributed by atoms with Gasteiger partial charge in [0.25, 0.3) is 0 Å². The third-order valence-electron chi connectivity index (χ3n) is 6.40. The van der Waals surface area contributed by atoms with Crippen molar-refractivity contribution in [3.05, 3.63) is 90.0 Å². The zero-order valence-electron chi connectivity index (χ0n) is 21.9. The zero-order chi connectivity index (χ0) is 29.0. The van der Waals surface area contributed by atoms with Crippen LogP contribution in [0.3, 0.4) is 0 Å². The Morgan fingerprint density at radius 2 is 1.80 bits per heavy atom. The van der Waals surface area contributed by atoms with Gasteiger partial charge >= 0.3 is 0 Å². The van der Waals surface area contributed by atoms with Crippen LogP contribution in [-0.4, -0.2) is 42.5 Å². The van der Waals surface area contributed by atoms with Gasteiger partial charge in [0.15, 0.2) is 17.4 Å². The first kappa shape index (κ1) is 28.3. The lowest BCUT2D eigenvalue weighted by atomic mass is 9.98. The van der Waals surface area contributed by atoms with E-state index in [9.17, 15) is 17.2 Å². The van der Waals surface area contributed by atoms with Gasteiger partial charge in [0.05, 0.1) is 17.0 Å². The van der Waals surface area contributed by atoms with Gasteiger partial charge in [-0.25, -0.2) is 32.2 Å². The Morgan fingerprint density at radius 1 is 1.00 bits per heavy atom. The van der Waals surface area contributed by atoms with Crippen molar-refractivity contribution in [2.24, 2.45) is 5.92 Å². The maximum Gasteiger partial charge on any atom is 0.237 e. The number of hydrogen-bond donors (Lipinski definition) is 3. The molecule has 4 aromatic rings. The fourth-order valence-corrected chi connectivity index (χ4v) is 5.73. The van der Waals surface area contributed by atoms with Gasteiger partial charge in [-0.05, 0) is 42.6 Å². The van der Waals surface area contributed by atoms with Crippen LogP contribution in [-0.2, 0) is 15.8 Å². The van der Waals surface area contributed by atoms with Gasteiger partial charge < -0.3 is 15.4 Å². The standard InChI is InChI=1S/C28H27F3N6O3S/c1-17-12-19(15-32-14-17)35-28-34-11-9-22(36-28)20-8-5-10-33-27(20)40-23-13-21(29)26(25(31)24(23)30)37-41(38,39)16-18-6-3-2-4-7-18/h2-11,13,17,19,32,37H,12,14-16H2,1H3,(H,34,35,36)/t17-,19+/m1/s1. The largest absolute Gasteiger partial charge is 0.435 e. The molecule has 0 saturated carbocycles. The van der Waals surface area contributed by atoms with Crippen molar-refractivity contribution in [1.82, 2.24) is 20.3 Å². The van der Waals surface area contributed by atoms with E-state index >= 15 is 4.39 Å². The average molecular weight is 585 g/mol. The van der Waals surface area contributed by atoms with E-state index in [1.807, 2.05) is 0 Å². The molecule has 0 radical (unpaired) electrons. The number of sulfonamides is 1. The number of benzene rings is 2. The molecule has 1 aliphatic rings. The Bertz CT molecular complexity index is 1640. The summed E-state index contributed by atoms with van der Waals surface area (Å²) in [4.78, 5) is 12.9. The Labute approximate surface area is 235 Å². The van der Waals surface area contributed by atoms with Gasteiger partial charge in [0.2, 0.25) is 27.7 Å². The Hall–Kier alpha value is -4.23. The van der Waals surface area contributed by atoms with Gasteiger partial charge in [0, 0.05) is 31.0 Å². The number of pyridine rings is 1. The number of anilines is 2. The van der Waals surface area contributed by atoms with Crippen LogP contribution in [0.15, 0.2) is 67.0 Å². The summed E-state index contributed by atoms with van der Waals surface area (Å²) in [5, 5.41) is 6.64. The van der Waals surface area contributed by atoms with Crippen molar-refractivity contribution in [3.8, 4) is 22.9 Å². The summed E-state index contributed by atoms with van der Waals surface area (Å²) in [6, 6.07) is 13.5. The molecule has 13 heteroatoms. The Kier molecular flexibility index (Phi) is 8.36. The normalized spacial score (nSPS) is 17.2. The molecule has 0 bridgehead atoms. The van der Waals surface area contributed by atoms with Gasteiger partial charge in [-0.2, -0.15) is 4.39 Å². The predicted molar refractivity (Wildman–Crippen MR) is 148 cm³/mol. The minimum absolute atomic E-state index is 0.127. The quantitative estimate of drug-likeness (QED) is 0.233. The SMILES string of the molecule is C[C@H]1CNC[C@@H](Nc2nccc(-c3cccnc3Oc3cc(F)c(NS(=O)(=O)Cc4ccccc4)c(F)c3F)n2)C1. The number of hydrogen-bond acceptors (Lipinski definition) is 8. The van der Waals surface area contributed by atoms with Gasteiger partial charge in [-0.15, -0.1) is 0 Å². The number of aromatic nitrogens is 3. The van der Waals surface area contributed by atoms with Crippen molar-refractivity contribution in [2.75, 3.05) is 23.1 Å². The minimum Gasteiger partial charge on any atom is -0.435 e. The second-order valence-corrected chi connectivity index (χ2v) is 11.5. The van der Waals surface area contributed by atoms with E-state index in [0.29, 0.717) is 34.8 Å². The Morgan fingerprint density at radius 3 is 2.59 bits per heavy atom. The summed E-state index contributed by atoms with van der Waals surface area (Å²) >= 11 is 0. The Balaban J connectivity index is 1.38. The van der Waals surface area contributed by atoms with Crippen molar-refractivity contribution in [1.29, 1.82) is 0 Å². The van der Waals surface area contributed by atoms with Crippen LogP contribution in [0.2, 0.25) is 0 Å². The highest BCUT2D eigenvalue weighted by Crippen LogP contribution is 2.36. The first-order chi connectivity index (χ1) is 19.7. The summed E-state index contributed by atoms with van der Waals surface area (Å²) in [7, 11) is -4.26. The third kappa shape index (κ3) is 6.92. The molecule has 3 N–H and O–H groups in total. The molecule has 2 atom stereocenters. The van der Waals surface area contributed by atoms with E-state index in [0.717, 1.165) is 19.5 Å². The molecule has 214 valence electrons. The molecule has 0 unspecified atom stereocenters. The lowest BCUT2D eigenvalue weighted by Crippen LogP contribution is -2.42. The maximum atomic E-state index is 15.0. The number of piperidine rings is 1. The molecule has 41 heavy (non-hydrogen) atoms. The number of rotatable bonds is 9. The topological polar surface area (TPSA) is 118 Å². The monoisotopic (exact) mass is 584 g/mol. The maximum absolute atomic E-state index is 15.0. The van der Waals surface area contributed by atoms with Crippen LogP contribution in [0, 0.1) is 23.4 Å². The second-order valence-electron chi connectivity index (χ2n) is 9.77. The lowest BCUT2D eigenvalue weighted by Gasteiger charge is -2.28. The minimum atomic E-state index is -4.26. The van der Waals surface area contributed by atoms with Crippen LogP contribution < -0.4 is 20.1 Å². The number of halogens is 3. The van der Waals surface area contributed by atoms with Gasteiger partial charge in [-0.3, -0.25) is 4.72 Å². The highest BCUT2D eigenvalue weighted by Gasteiger charge is 2.25. The third-order valence-corrected chi connectivity index (χ3v) is 7.62. The molecule has 3 heterocycles. The molecule has 2 aromatic carbocycles. The molecule has 0 aliphatic carbocycles. The lowest BCUT2D eigenvalue weighted by molar-refractivity contribution is 0.377. The molecule has 9 nitrogen and oxygen atoms in total. The highest BCUT2D eigenvalue weighted by atomic mass is 32.2. The smallest absolute Gasteiger partial charge is 0.237 e. The first-order valence-electron chi connectivity index (χ1n) is 12.8. The summed E-state index contributed by atoms with van der Waals surface area (Å²) < 4.78 is 77.2. The predicted octanol–water partition coefficient (Wildman–Crippen LogP) is 5.10. The van der Waals surface area contributed by atoms with E-state index < -0.39 is 44.7 Å². The van der Waals surface area contributed by atoms with E-state index in [-0.39, 0.29) is 11.9 Å². The fourth-order valence-electron chi connectivity index (χ4n) is 4.52. The van der Waals surface area contributed by atoms with E-state index in [4.69, 9.17) is 4.74 Å².